The number of nitrogens with one attached hydrogen (secondary N) is 1. The molecule has 5 nitrogen and oxygen atoms in total. The number of thiazole rings is 1. The minimum Gasteiger partial charge on any atom is -0.330 e. The van der Waals surface area contributed by atoms with Crippen molar-refractivity contribution in [2.75, 3.05) is 5.32 Å². The quantitative estimate of drug-likeness (QED) is 0.916. The molecular weight excluding hydrogens is 310 g/mol. The number of hydrogen-bond acceptors (Lipinski definition) is 4. The van der Waals surface area contributed by atoms with Gasteiger partial charge >= 0.3 is 0 Å². The van der Waals surface area contributed by atoms with E-state index >= 15 is 0 Å². The first kappa shape index (κ1) is 15.7. The molecule has 0 unspecified atom stereocenters. The molecule has 0 aliphatic heterocycles. The molecule has 6 heteroatoms. The highest BCUT2D eigenvalue weighted by Crippen LogP contribution is 2.30. The van der Waals surface area contributed by atoms with Crippen LogP contribution in [0.15, 0.2) is 29.6 Å². The second kappa shape index (κ2) is 6.50. The highest BCUT2D eigenvalue weighted by Gasteiger charge is 2.33. The molecule has 120 valence electrons. The van der Waals surface area contributed by atoms with Crippen LogP contribution in [0.4, 0.5) is 5.69 Å². The Hall–Kier alpha value is -2.21. The summed E-state index contributed by atoms with van der Waals surface area (Å²) in [6, 6.07) is 7.38. The molecule has 1 aromatic heterocycles. The van der Waals surface area contributed by atoms with E-state index in [1.54, 1.807) is 35.6 Å². The zero-order chi connectivity index (χ0) is 16.4. The summed E-state index contributed by atoms with van der Waals surface area (Å²) in [6.07, 6.45) is 2.08. The van der Waals surface area contributed by atoms with E-state index in [9.17, 15) is 9.59 Å². The van der Waals surface area contributed by atoms with Gasteiger partial charge in [0.1, 0.15) is 0 Å². The normalized spacial score (nSPS) is 13.7. The largest absolute Gasteiger partial charge is 0.330 e. The number of nitrogens with zero attached hydrogens (tertiary/aromatic N) is 2. The number of carbonyl (C=O) groups excluding carboxylic acids is 2. The van der Waals surface area contributed by atoms with Crippen LogP contribution in [0.1, 0.15) is 40.8 Å². The molecule has 0 spiro atoms. The van der Waals surface area contributed by atoms with Crippen molar-refractivity contribution in [2.24, 2.45) is 0 Å². The first-order valence-corrected chi connectivity index (χ1v) is 8.50. The van der Waals surface area contributed by atoms with Crippen molar-refractivity contribution in [3.05, 3.63) is 45.9 Å². The third-order valence-electron chi connectivity index (χ3n) is 3.68. The predicted molar refractivity (Wildman–Crippen MR) is 90.5 cm³/mol. The summed E-state index contributed by atoms with van der Waals surface area (Å²) in [5.74, 6) is -0.156. The SMILES string of the molecule is CC(=O)Nc1cccc(C(=O)N(Cc2csc(C)n2)C2CC2)c1. The lowest BCUT2D eigenvalue weighted by Gasteiger charge is -2.22. The van der Waals surface area contributed by atoms with Gasteiger partial charge in [-0.25, -0.2) is 4.98 Å². The summed E-state index contributed by atoms with van der Waals surface area (Å²) in [7, 11) is 0. The van der Waals surface area contributed by atoms with Gasteiger partial charge in [-0.15, -0.1) is 11.3 Å². The molecule has 2 aromatic rings. The maximum atomic E-state index is 12.9. The van der Waals surface area contributed by atoms with Crippen LogP contribution in [0.3, 0.4) is 0 Å². The van der Waals surface area contributed by atoms with Crippen molar-refractivity contribution in [3.63, 3.8) is 0 Å². The summed E-state index contributed by atoms with van der Waals surface area (Å²) >= 11 is 1.60. The molecule has 1 aliphatic rings. The lowest BCUT2D eigenvalue weighted by Crippen LogP contribution is -2.32. The van der Waals surface area contributed by atoms with Gasteiger partial charge in [-0.2, -0.15) is 0 Å². The molecule has 1 saturated carbocycles. The summed E-state index contributed by atoms with van der Waals surface area (Å²) < 4.78 is 0. The fourth-order valence-electron chi connectivity index (χ4n) is 2.51. The van der Waals surface area contributed by atoms with Crippen LogP contribution < -0.4 is 5.32 Å². The van der Waals surface area contributed by atoms with Gasteiger partial charge in [-0.05, 0) is 38.0 Å². The van der Waals surface area contributed by atoms with Crippen LogP contribution in [0.5, 0.6) is 0 Å². The van der Waals surface area contributed by atoms with E-state index in [1.807, 2.05) is 17.2 Å². The van der Waals surface area contributed by atoms with Gasteiger partial charge in [0.15, 0.2) is 0 Å². The van der Waals surface area contributed by atoms with Crippen molar-refractivity contribution in [3.8, 4) is 0 Å². The molecule has 0 atom stereocenters. The highest BCUT2D eigenvalue weighted by atomic mass is 32.1. The average molecular weight is 329 g/mol. The summed E-state index contributed by atoms with van der Waals surface area (Å²) in [6.45, 7) is 3.96. The van der Waals surface area contributed by atoms with Crippen molar-refractivity contribution >= 4 is 28.8 Å². The van der Waals surface area contributed by atoms with Crippen molar-refractivity contribution in [2.45, 2.75) is 39.3 Å². The molecule has 1 heterocycles. The fourth-order valence-corrected chi connectivity index (χ4v) is 3.11. The number of aromatic nitrogens is 1. The van der Waals surface area contributed by atoms with Crippen LogP contribution in [0, 0.1) is 6.92 Å². The van der Waals surface area contributed by atoms with E-state index in [0.29, 0.717) is 23.8 Å². The smallest absolute Gasteiger partial charge is 0.254 e. The fraction of sp³-hybridized carbons (Fsp3) is 0.353. The molecule has 1 aromatic carbocycles. The Labute approximate surface area is 139 Å². The molecule has 1 N–H and O–H groups in total. The first-order chi connectivity index (χ1) is 11.0. The lowest BCUT2D eigenvalue weighted by atomic mass is 10.1. The maximum Gasteiger partial charge on any atom is 0.254 e. The van der Waals surface area contributed by atoms with E-state index in [-0.39, 0.29) is 11.8 Å². The van der Waals surface area contributed by atoms with Crippen molar-refractivity contribution < 1.29 is 9.59 Å². The zero-order valence-electron chi connectivity index (χ0n) is 13.2. The lowest BCUT2D eigenvalue weighted by molar-refractivity contribution is -0.114. The van der Waals surface area contributed by atoms with Gasteiger partial charge in [0, 0.05) is 29.6 Å². The average Bonchev–Trinajstić information content (AvgIpc) is 3.26. The Morgan fingerprint density at radius 3 is 2.78 bits per heavy atom. The molecule has 1 fully saturated rings. The van der Waals surface area contributed by atoms with Crippen LogP contribution in [0.25, 0.3) is 0 Å². The third-order valence-corrected chi connectivity index (χ3v) is 4.50. The molecule has 3 rings (SSSR count). The standard InChI is InChI=1S/C17H19N3O2S/c1-11(21)18-14-5-3-4-13(8-14)17(22)20(16-6-7-16)9-15-10-23-12(2)19-15/h3-5,8,10,16H,6-7,9H2,1-2H3,(H,18,21). The summed E-state index contributed by atoms with van der Waals surface area (Å²) in [4.78, 5) is 30.4. The topological polar surface area (TPSA) is 62.3 Å². The van der Waals surface area contributed by atoms with Gasteiger partial charge in [0.25, 0.3) is 5.91 Å². The van der Waals surface area contributed by atoms with E-state index in [0.717, 1.165) is 23.5 Å². The Bertz CT molecular complexity index is 737. The number of carbonyl (C=O) groups is 2. The van der Waals surface area contributed by atoms with Crippen molar-refractivity contribution in [1.29, 1.82) is 0 Å². The zero-order valence-corrected chi connectivity index (χ0v) is 14.0. The number of rotatable bonds is 5. The van der Waals surface area contributed by atoms with Gasteiger partial charge in [0.05, 0.1) is 17.2 Å². The third kappa shape index (κ3) is 3.96. The Kier molecular flexibility index (Phi) is 4.43. The number of aryl methyl sites for hydroxylation is 1. The molecule has 23 heavy (non-hydrogen) atoms. The van der Waals surface area contributed by atoms with Crippen molar-refractivity contribution in [1.82, 2.24) is 9.88 Å². The highest BCUT2D eigenvalue weighted by molar-refractivity contribution is 7.09. The second-order valence-corrected chi connectivity index (χ2v) is 6.85. The predicted octanol–water partition coefficient (Wildman–Crippen LogP) is 3.21. The number of amides is 2. The molecule has 0 saturated heterocycles. The monoisotopic (exact) mass is 329 g/mol. The van der Waals surface area contributed by atoms with Crippen LogP contribution in [-0.4, -0.2) is 27.7 Å². The summed E-state index contributed by atoms with van der Waals surface area (Å²) in [5.41, 5.74) is 2.17. The molecular formula is C17H19N3O2S. The van der Waals surface area contributed by atoms with Gasteiger partial charge in [-0.1, -0.05) is 6.07 Å². The number of benzene rings is 1. The number of anilines is 1. The number of hydrogen-bond donors (Lipinski definition) is 1. The Balaban J connectivity index is 1.79. The minimum atomic E-state index is -0.147. The van der Waals surface area contributed by atoms with Crippen LogP contribution in [-0.2, 0) is 11.3 Å². The van der Waals surface area contributed by atoms with E-state index < -0.39 is 0 Å². The van der Waals surface area contributed by atoms with Gasteiger partial charge in [-0.3, -0.25) is 9.59 Å². The minimum absolute atomic E-state index is 0.00893. The van der Waals surface area contributed by atoms with Gasteiger partial charge < -0.3 is 10.2 Å². The van der Waals surface area contributed by atoms with E-state index in [2.05, 4.69) is 10.3 Å². The Morgan fingerprint density at radius 1 is 1.39 bits per heavy atom. The molecule has 0 radical (unpaired) electrons. The Morgan fingerprint density at radius 2 is 2.17 bits per heavy atom. The van der Waals surface area contributed by atoms with Crippen LogP contribution >= 0.6 is 11.3 Å². The summed E-state index contributed by atoms with van der Waals surface area (Å²) in [5, 5.41) is 5.73. The van der Waals surface area contributed by atoms with Crippen LogP contribution in [0.2, 0.25) is 0 Å². The molecule has 2 amide bonds. The second-order valence-electron chi connectivity index (χ2n) is 5.78. The van der Waals surface area contributed by atoms with E-state index in [4.69, 9.17) is 0 Å². The first-order valence-electron chi connectivity index (χ1n) is 7.62. The maximum absolute atomic E-state index is 12.9. The van der Waals surface area contributed by atoms with Gasteiger partial charge in [0.2, 0.25) is 5.91 Å². The van der Waals surface area contributed by atoms with E-state index in [1.165, 1.54) is 6.92 Å². The molecule has 0 bridgehead atoms. The molecule has 1 aliphatic carbocycles.